The Balaban J connectivity index is 1.93. The molecule has 2 aliphatic rings. The summed E-state index contributed by atoms with van der Waals surface area (Å²) in [7, 11) is 0. The molecule has 2 heterocycles. The Morgan fingerprint density at radius 1 is 1.10 bits per heavy atom. The van der Waals surface area contributed by atoms with E-state index < -0.39 is 0 Å². The fourth-order valence-electron chi connectivity index (χ4n) is 3.77. The number of fused-ring (bicyclic) bond motifs is 1. The van der Waals surface area contributed by atoms with E-state index >= 15 is 0 Å². The van der Waals surface area contributed by atoms with Crippen LogP contribution >= 0.6 is 0 Å². The molecule has 0 aliphatic carbocycles. The molecule has 2 unspecified atom stereocenters. The largest absolute Gasteiger partial charge is 0.300 e. The summed E-state index contributed by atoms with van der Waals surface area (Å²) in [6.07, 6.45) is 2.39. The summed E-state index contributed by atoms with van der Waals surface area (Å²) in [5, 5.41) is 5.04. The lowest BCUT2D eigenvalue weighted by molar-refractivity contribution is 0.131. The number of para-hydroxylation sites is 1. The maximum absolute atomic E-state index is 4.71. The van der Waals surface area contributed by atoms with Gasteiger partial charge in [-0.25, -0.2) is 5.01 Å². The Morgan fingerprint density at radius 2 is 1.81 bits per heavy atom. The van der Waals surface area contributed by atoms with Crippen molar-refractivity contribution in [1.29, 1.82) is 0 Å². The average molecular weight is 285 g/mol. The summed E-state index contributed by atoms with van der Waals surface area (Å²) in [6.45, 7) is 11.1. The van der Waals surface area contributed by atoms with E-state index in [4.69, 9.17) is 4.99 Å². The molecule has 114 valence electrons. The molecule has 0 radical (unpaired) electrons. The zero-order valence-corrected chi connectivity index (χ0v) is 13.5. The Bertz CT molecular complexity index is 513. The highest BCUT2D eigenvalue weighted by Crippen LogP contribution is 2.29. The number of benzene rings is 1. The number of piperidine rings is 1. The quantitative estimate of drug-likeness (QED) is 0.787. The first-order valence-corrected chi connectivity index (χ1v) is 8.23. The second-order valence-corrected chi connectivity index (χ2v) is 6.87. The van der Waals surface area contributed by atoms with Crippen molar-refractivity contribution in [3.8, 4) is 0 Å². The van der Waals surface area contributed by atoms with Crippen LogP contribution < -0.4 is 5.01 Å². The first kappa shape index (κ1) is 14.6. The predicted octanol–water partition coefficient (Wildman–Crippen LogP) is 3.40. The molecule has 3 nitrogen and oxygen atoms in total. The van der Waals surface area contributed by atoms with Crippen molar-refractivity contribution in [1.82, 2.24) is 5.01 Å². The molecule has 0 N–H and O–H groups in total. The maximum atomic E-state index is 4.71. The summed E-state index contributed by atoms with van der Waals surface area (Å²) >= 11 is 0. The van der Waals surface area contributed by atoms with Crippen LogP contribution in [0.25, 0.3) is 0 Å². The van der Waals surface area contributed by atoms with Crippen LogP contribution in [0.1, 0.15) is 32.8 Å². The van der Waals surface area contributed by atoms with Crippen LogP contribution in [0.5, 0.6) is 0 Å². The van der Waals surface area contributed by atoms with Crippen molar-refractivity contribution < 1.29 is 0 Å². The molecular formula is C18H27N3. The van der Waals surface area contributed by atoms with Gasteiger partial charge in [0, 0.05) is 25.3 Å². The van der Waals surface area contributed by atoms with Gasteiger partial charge < -0.3 is 0 Å². The Labute approximate surface area is 128 Å². The first-order chi connectivity index (χ1) is 10.1. The van der Waals surface area contributed by atoms with Gasteiger partial charge in [0.05, 0.1) is 12.2 Å². The molecule has 3 rings (SSSR count). The van der Waals surface area contributed by atoms with E-state index in [1.165, 1.54) is 23.4 Å². The molecule has 21 heavy (non-hydrogen) atoms. The molecule has 0 amide bonds. The van der Waals surface area contributed by atoms with Crippen molar-refractivity contribution in [3.63, 3.8) is 0 Å². The molecule has 1 fully saturated rings. The normalized spacial score (nSPS) is 27.6. The molecule has 1 saturated heterocycles. The highest BCUT2D eigenvalue weighted by molar-refractivity contribution is 5.87. The van der Waals surface area contributed by atoms with E-state index in [0.717, 1.165) is 44.4 Å². The molecule has 1 aromatic rings. The second-order valence-electron chi connectivity index (χ2n) is 6.87. The third-order valence-corrected chi connectivity index (χ3v) is 4.60. The van der Waals surface area contributed by atoms with Gasteiger partial charge in [-0.15, -0.1) is 0 Å². The third kappa shape index (κ3) is 3.29. The fourth-order valence-corrected chi connectivity index (χ4v) is 3.77. The molecule has 0 bridgehead atoms. The maximum Gasteiger partial charge on any atom is 0.0723 e. The first-order valence-electron chi connectivity index (χ1n) is 8.23. The highest BCUT2D eigenvalue weighted by atomic mass is 15.6. The van der Waals surface area contributed by atoms with Crippen molar-refractivity contribution in [2.45, 2.75) is 33.6 Å². The van der Waals surface area contributed by atoms with E-state index in [1.54, 1.807) is 0 Å². The number of hydrogen-bond acceptors (Lipinski definition) is 3. The van der Waals surface area contributed by atoms with Crippen LogP contribution in [-0.2, 0) is 6.42 Å². The smallest absolute Gasteiger partial charge is 0.0723 e. The van der Waals surface area contributed by atoms with Crippen LogP contribution in [-0.4, -0.2) is 36.9 Å². The lowest BCUT2D eigenvalue weighted by atomic mass is 9.93. The SMILES string of the molecule is CC1=NCCc2ccccc2N(N2CC(C)CC(C)C2)C1. The number of hydrogen-bond donors (Lipinski definition) is 0. The molecule has 3 heteroatoms. The third-order valence-electron chi connectivity index (χ3n) is 4.60. The summed E-state index contributed by atoms with van der Waals surface area (Å²) in [5.41, 5.74) is 4.06. The van der Waals surface area contributed by atoms with E-state index in [2.05, 4.69) is 55.1 Å². The Kier molecular flexibility index (Phi) is 4.29. The molecule has 0 aromatic heterocycles. The van der Waals surface area contributed by atoms with Gasteiger partial charge in [-0.2, -0.15) is 0 Å². The van der Waals surface area contributed by atoms with E-state index in [1.807, 2.05) is 0 Å². The number of hydrazine groups is 1. The number of anilines is 1. The zero-order chi connectivity index (χ0) is 14.8. The lowest BCUT2D eigenvalue weighted by Gasteiger charge is -2.44. The van der Waals surface area contributed by atoms with Crippen molar-refractivity contribution in [2.24, 2.45) is 16.8 Å². The summed E-state index contributed by atoms with van der Waals surface area (Å²) < 4.78 is 0. The number of aliphatic imine (C=N–C) groups is 1. The van der Waals surface area contributed by atoms with Crippen molar-refractivity contribution in [3.05, 3.63) is 29.8 Å². The van der Waals surface area contributed by atoms with Crippen molar-refractivity contribution in [2.75, 3.05) is 31.2 Å². The summed E-state index contributed by atoms with van der Waals surface area (Å²) in [4.78, 5) is 4.71. The Morgan fingerprint density at radius 3 is 2.57 bits per heavy atom. The van der Waals surface area contributed by atoms with E-state index in [0.29, 0.717) is 0 Å². The second kappa shape index (κ2) is 6.18. The molecule has 2 atom stereocenters. The van der Waals surface area contributed by atoms with Crippen LogP contribution in [0.4, 0.5) is 5.69 Å². The van der Waals surface area contributed by atoms with Gasteiger partial charge in [-0.1, -0.05) is 32.0 Å². The lowest BCUT2D eigenvalue weighted by Crippen LogP contribution is -2.52. The summed E-state index contributed by atoms with van der Waals surface area (Å²) in [5.74, 6) is 1.53. The molecule has 2 aliphatic heterocycles. The molecular weight excluding hydrogens is 258 g/mol. The van der Waals surface area contributed by atoms with Crippen LogP contribution in [0.3, 0.4) is 0 Å². The van der Waals surface area contributed by atoms with E-state index in [9.17, 15) is 0 Å². The monoisotopic (exact) mass is 285 g/mol. The van der Waals surface area contributed by atoms with Gasteiger partial charge in [0.1, 0.15) is 0 Å². The minimum absolute atomic E-state index is 0.767. The Hall–Kier alpha value is -1.35. The van der Waals surface area contributed by atoms with Crippen LogP contribution in [0.15, 0.2) is 29.3 Å². The molecule has 0 saturated carbocycles. The number of nitrogens with zero attached hydrogens (tertiary/aromatic N) is 3. The predicted molar refractivity (Wildman–Crippen MR) is 90.0 cm³/mol. The van der Waals surface area contributed by atoms with Gasteiger partial charge in [0.25, 0.3) is 0 Å². The topological polar surface area (TPSA) is 18.8 Å². The molecule has 1 aromatic carbocycles. The molecule has 0 spiro atoms. The standard InChI is InChI=1S/C18H27N3/c1-14-10-15(2)12-20(11-14)21-13-16(3)19-9-8-17-6-4-5-7-18(17)21/h4-7,14-15H,8-13H2,1-3H3. The van der Waals surface area contributed by atoms with Crippen LogP contribution in [0.2, 0.25) is 0 Å². The summed E-state index contributed by atoms with van der Waals surface area (Å²) in [6, 6.07) is 8.85. The average Bonchev–Trinajstić information content (AvgIpc) is 2.42. The van der Waals surface area contributed by atoms with E-state index in [-0.39, 0.29) is 0 Å². The van der Waals surface area contributed by atoms with Gasteiger partial charge >= 0.3 is 0 Å². The van der Waals surface area contributed by atoms with Crippen LogP contribution in [0, 0.1) is 11.8 Å². The minimum Gasteiger partial charge on any atom is -0.300 e. The zero-order valence-electron chi connectivity index (χ0n) is 13.5. The fraction of sp³-hybridized carbons (Fsp3) is 0.611. The van der Waals surface area contributed by atoms with Crippen molar-refractivity contribution >= 4 is 11.4 Å². The van der Waals surface area contributed by atoms with Gasteiger partial charge in [0.2, 0.25) is 0 Å². The highest BCUT2D eigenvalue weighted by Gasteiger charge is 2.28. The minimum atomic E-state index is 0.767. The number of rotatable bonds is 1. The van der Waals surface area contributed by atoms with Gasteiger partial charge in [-0.3, -0.25) is 10.0 Å². The van der Waals surface area contributed by atoms with Gasteiger partial charge in [-0.05, 0) is 43.2 Å². The van der Waals surface area contributed by atoms with Gasteiger partial charge in [0.15, 0.2) is 0 Å².